The van der Waals surface area contributed by atoms with Crippen LogP contribution in [0.5, 0.6) is 0 Å². The van der Waals surface area contributed by atoms with E-state index in [1.807, 2.05) is 18.3 Å². The molecule has 0 saturated carbocycles. The summed E-state index contributed by atoms with van der Waals surface area (Å²) < 4.78 is 0. The average molecular weight is 284 g/mol. The van der Waals surface area contributed by atoms with Gasteiger partial charge in [0.05, 0.1) is 11.4 Å². The summed E-state index contributed by atoms with van der Waals surface area (Å²) in [6.07, 6.45) is 4.04. The molecule has 0 aliphatic carbocycles. The van der Waals surface area contributed by atoms with Crippen LogP contribution in [0, 0.1) is 0 Å². The molecule has 106 valence electrons. The van der Waals surface area contributed by atoms with Crippen LogP contribution < -0.4 is 0 Å². The van der Waals surface area contributed by atoms with Gasteiger partial charge in [-0.15, -0.1) is 0 Å². The minimum absolute atomic E-state index is 1.10. The molecule has 0 aliphatic rings. The molecule has 0 fully saturated rings. The molecule has 0 amide bonds. The van der Waals surface area contributed by atoms with Crippen molar-refractivity contribution in [1.82, 2.24) is 9.97 Å². The van der Waals surface area contributed by atoms with E-state index >= 15 is 0 Å². The first-order valence-electron chi connectivity index (χ1n) is 7.39. The van der Waals surface area contributed by atoms with E-state index in [4.69, 9.17) is 0 Å². The van der Waals surface area contributed by atoms with Crippen molar-refractivity contribution in [2.24, 2.45) is 0 Å². The standard InChI is InChI=1S/C20H16N2/c1-3-7-15(8-4-1)17-13-19(22-14-17)20-18(11-12-21-20)16-9-5-2-6-10-16/h1-14,21-22H. The molecule has 0 aliphatic heterocycles. The van der Waals surface area contributed by atoms with Gasteiger partial charge in [0.15, 0.2) is 0 Å². The van der Waals surface area contributed by atoms with E-state index in [1.165, 1.54) is 22.3 Å². The van der Waals surface area contributed by atoms with Gasteiger partial charge in [0, 0.05) is 18.0 Å². The minimum Gasteiger partial charge on any atom is -0.359 e. The predicted molar refractivity (Wildman–Crippen MR) is 91.5 cm³/mol. The maximum atomic E-state index is 3.39. The number of benzene rings is 2. The smallest absolute Gasteiger partial charge is 0.0699 e. The topological polar surface area (TPSA) is 31.6 Å². The number of nitrogens with one attached hydrogen (secondary N) is 2. The lowest BCUT2D eigenvalue weighted by Crippen LogP contribution is -1.81. The van der Waals surface area contributed by atoms with Crippen LogP contribution in [0.3, 0.4) is 0 Å². The maximum absolute atomic E-state index is 3.39. The molecule has 0 bridgehead atoms. The zero-order valence-electron chi connectivity index (χ0n) is 12.1. The molecule has 2 aromatic heterocycles. The zero-order valence-corrected chi connectivity index (χ0v) is 12.1. The van der Waals surface area contributed by atoms with E-state index in [9.17, 15) is 0 Å². The monoisotopic (exact) mass is 284 g/mol. The van der Waals surface area contributed by atoms with E-state index in [0.717, 1.165) is 11.4 Å². The zero-order chi connectivity index (χ0) is 14.8. The fourth-order valence-electron chi connectivity index (χ4n) is 2.79. The first-order chi connectivity index (χ1) is 10.9. The Hall–Kier alpha value is -3.00. The van der Waals surface area contributed by atoms with Crippen molar-refractivity contribution in [3.8, 4) is 33.6 Å². The van der Waals surface area contributed by atoms with Crippen LogP contribution in [0.15, 0.2) is 85.2 Å². The Morgan fingerprint density at radius 3 is 2.00 bits per heavy atom. The molecule has 22 heavy (non-hydrogen) atoms. The highest BCUT2D eigenvalue weighted by molar-refractivity contribution is 5.82. The first kappa shape index (κ1) is 12.7. The van der Waals surface area contributed by atoms with E-state index < -0.39 is 0 Å². The summed E-state index contributed by atoms with van der Waals surface area (Å²) in [7, 11) is 0. The number of rotatable bonds is 3. The summed E-state index contributed by atoms with van der Waals surface area (Å²) >= 11 is 0. The summed E-state index contributed by atoms with van der Waals surface area (Å²) in [5.41, 5.74) is 7.06. The van der Waals surface area contributed by atoms with Crippen LogP contribution in [-0.4, -0.2) is 9.97 Å². The predicted octanol–water partition coefficient (Wildman–Crippen LogP) is 5.34. The summed E-state index contributed by atoms with van der Waals surface area (Å²) in [6.45, 7) is 0. The lowest BCUT2D eigenvalue weighted by molar-refractivity contribution is 1.33. The quantitative estimate of drug-likeness (QED) is 0.508. The van der Waals surface area contributed by atoms with Crippen LogP contribution >= 0.6 is 0 Å². The third-order valence-electron chi connectivity index (χ3n) is 3.89. The molecular weight excluding hydrogens is 268 g/mol. The highest BCUT2D eigenvalue weighted by Gasteiger charge is 2.10. The van der Waals surface area contributed by atoms with Gasteiger partial charge >= 0.3 is 0 Å². The number of hydrogen-bond donors (Lipinski definition) is 2. The Morgan fingerprint density at radius 2 is 1.27 bits per heavy atom. The van der Waals surface area contributed by atoms with Gasteiger partial charge in [-0.25, -0.2) is 0 Å². The highest BCUT2D eigenvalue weighted by Crippen LogP contribution is 2.32. The normalized spacial score (nSPS) is 10.7. The number of H-pyrrole nitrogens is 2. The van der Waals surface area contributed by atoms with Crippen molar-refractivity contribution in [3.05, 3.63) is 85.2 Å². The molecule has 4 rings (SSSR count). The number of aromatic amines is 2. The summed E-state index contributed by atoms with van der Waals surface area (Å²) in [4.78, 5) is 6.74. The Balaban J connectivity index is 1.76. The van der Waals surface area contributed by atoms with E-state index in [2.05, 4.69) is 76.8 Å². The van der Waals surface area contributed by atoms with Crippen molar-refractivity contribution < 1.29 is 0 Å². The second-order valence-electron chi connectivity index (χ2n) is 5.30. The second-order valence-corrected chi connectivity index (χ2v) is 5.30. The van der Waals surface area contributed by atoms with Crippen molar-refractivity contribution in [2.45, 2.75) is 0 Å². The van der Waals surface area contributed by atoms with E-state index in [-0.39, 0.29) is 0 Å². The lowest BCUT2D eigenvalue weighted by Gasteiger charge is -2.02. The van der Waals surface area contributed by atoms with E-state index in [0.29, 0.717) is 0 Å². The summed E-state index contributed by atoms with van der Waals surface area (Å²) in [6, 6.07) is 25.2. The van der Waals surface area contributed by atoms with Gasteiger partial charge in [0.2, 0.25) is 0 Å². The largest absolute Gasteiger partial charge is 0.359 e. The van der Waals surface area contributed by atoms with Gasteiger partial charge in [-0.05, 0) is 28.8 Å². The third kappa shape index (κ3) is 2.25. The molecule has 2 N–H and O–H groups in total. The van der Waals surface area contributed by atoms with Crippen LogP contribution in [0.1, 0.15) is 0 Å². The summed E-state index contributed by atoms with van der Waals surface area (Å²) in [5.74, 6) is 0. The van der Waals surface area contributed by atoms with Crippen molar-refractivity contribution >= 4 is 0 Å². The Kier molecular flexibility index (Phi) is 3.13. The van der Waals surface area contributed by atoms with E-state index in [1.54, 1.807) is 0 Å². The van der Waals surface area contributed by atoms with Crippen LogP contribution in [-0.2, 0) is 0 Å². The van der Waals surface area contributed by atoms with Gasteiger partial charge in [-0.2, -0.15) is 0 Å². The Labute approximate surface area is 129 Å². The number of hydrogen-bond acceptors (Lipinski definition) is 0. The third-order valence-corrected chi connectivity index (χ3v) is 3.89. The molecule has 0 radical (unpaired) electrons. The molecule has 0 saturated heterocycles. The second kappa shape index (κ2) is 5.41. The van der Waals surface area contributed by atoms with Crippen LogP contribution in [0.4, 0.5) is 0 Å². The maximum Gasteiger partial charge on any atom is 0.0699 e. The van der Waals surface area contributed by atoms with Gasteiger partial charge in [-0.3, -0.25) is 0 Å². The minimum atomic E-state index is 1.10. The molecule has 0 atom stereocenters. The van der Waals surface area contributed by atoms with Crippen molar-refractivity contribution in [3.63, 3.8) is 0 Å². The lowest BCUT2D eigenvalue weighted by atomic mass is 10.0. The van der Waals surface area contributed by atoms with Crippen LogP contribution in [0.2, 0.25) is 0 Å². The van der Waals surface area contributed by atoms with Crippen LogP contribution in [0.25, 0.3) is 33.6 Å². The molecular formula is C20H16N2. The molecule has 2 aromatic carbocycles. The Bertz CT molecular complexity index is 870. The molecule has 2 heteroatoms. The van der Waals surface area contributed by atoms with Gasteiger partial charge in [0.1, 0.15) is 0 Å². The highest BCUT2D eigenvalue weighted by atomic mass is 14.8. The molecule has 4 aromatic rings. The van der Waals surface area contributed by atoms with Crippen molar-refractivity contribution in [2.75, 3.05) is 0 Å². The fraction of sp³-hybridized carbons (Fsp3) is 0. The van der Waals surface area contributed by atoms with Gasteiger partial charge < -0.3 is 9.97 Å². The average Bonchev–Trinajstić information content (AvgIpc) is 3.25. The van der Waals surface area contributed by atoms with Crippen molar-refractivity contribution in [1.29, 1.82) is 0 Å². The SMILES string of the molecule is c1ccc(-c2c[nH]c(-c3[nH]ccc3-c3ccccc3)c2)cc1. The molecule has 0 spiro atoms. The van der Waals surface area contributed by atoms with Gasteiger partial charge in [-0.1, -0.05) is 60.7 Å². The first-order valence-corrected chi connectivity index (χ1v) is 7.39. The van der Waals surface area contributed by atoms with Gasteiger partial charge in [0.25, 0.3) is 0 Å². The summed E-state index contributed by atoms with van der Waals surface area (Å²) in [5, 5.41) is 0. The Morgan fingerprint density at radius 1 is 0.591 bits per heavy atom. The molecule has 2 nitrogen and oxygen atoms in total. The number of aromatic nitrogens is 2. The fourth-order valence-corrected chi connectivity index (χ4v) is 2.79. The molecule has 0 unspecified atom stereocenters. The molecule has 2 heterocycles.